The number of hydrogen-bond donors (Lipinski definition) is 4. The molecule has 2 aromatic rings. The van der Waals surface area contributed by atoms with Crippen molar-refractivity contribution in [1.82, 2.24) is 9.97 Å². The third-order valence-corrected chi connectivity index (χ3v) is 1.84. The number of H-pyrrole nitrogens is 2. The second kappa shape index (κ2) is 2.63. The Labute approximate surface area is 76.8 Å². The quantitative estimate of drug-likeness (QED) is 0.522. The van der Waals surface area contributed by atoms with Crippen LogP contribution in [0.25, 0.3) is 11.0 Å². The van der Waals surface area contributed by atoms with Crippen molar-refractivity contribution < 1.29 is 15.0 Å². The molecule has 0 unspecified atom stereocenters. The van der Waals surface area contributed by atoms with Gasteiger partial charge in [-0.15, -0.1) is 0 Å². The molecule has 0 aliphatic carbocycles. The van der Waals surface area contributed by atoms with Gasteiger partial charge in [0.1, 0.15) is 5.75 Å². The number of carbonyl (C=O) groups is 1. The molecular formula is C8H6N2O4. The minimum atomic E-state index is -1.21. The van der Waals surface area contributed by atoms with Crippen molar-refractivity contribution in [1.29, 1.82) is 0 Å². The highest BCUT2D eigenvalue weighted by Crippen LogP contribution is 2.20. The molecule has 0 bridgehead atoms. The van der Waals surface area contributed by atoms with Gasteiger partial charge in [0.15, 0.2) is 0 Å². The van der Waals surface area contributed by atoms with Gasteiger partial charge in [-0.25, -0.2) is 9.59 Å². The van der Waals surface area contributed by atoms with Crippen LogP contribution in [0.4, 0.5) is 0 Å². The number of nitrogens with one attached hydrogen (secondary N) is 2. The number of phenols is 1. The Morgan fingerprint density at radius 2 is 2.00 bits per heavy atom. The number of fused-ring (bicyclic) bond motifs is 1. The van der Waals surface area contributed by atoms with Crippen LogP contribution in [0, 0.1) is 0 Å². The van der Waals surface area contributed by atoms with Gasteiger partial charge < -0.3 is 20.2 Å². The molecule has 2 rings (SSSR count). The maximum Gasteiger partial charge on any atom is 0.338 e. The summed E-state index contributed by atoms with van der Waals surface area (Å²) in [5.41, 5.74) is -0.195. The molecule has 0 aliphatic rings. The van der Waals surface area contributed by atoms with Crippen molar-refractivity contribution in [3.8, 4) is 5.75 Å². The summed E-state index contributed by atoms with van der Waals surface area (Å²) in [5, 5.41) is 17.9. The maximum atomic E-state index is 10.9. The molecule has 0 fully saturated rings. The fourth-order valence-electron chi connectivity index (χ4n) is 1.30. The fraction of sp³-hybridized carbons (Fsp3) is 0. The average molecular weight is 194 g/mol. The Morgan fingerprint density at radius 3 is 2.64 bits per heavy atom. The van der Waals surface area contributed by atoms with Gasteiger partial charge in [0.2, 0.25) is 0 Å². The SMILES string of the molecule is O=C(O)c1cc(O)cc2[nH]c(=O)[nH]c12. The van der Waals surface area contributed by atoms with Crippen LogP contribution in [-0.4, -0.2) is 26.2 Å². The number of aromatic carboxylic acids is 1. The van der Waals surface area contributed by atoms with E-state index in [9.17, 15) is 9.59 Å². The number of hydrogen-bond acceptors (Lipinski definition) is 3. The number of imidazole rings is 1. The van der Waals surface area contributed by atoms with Crippen molar-refractivity contribution >= 4 is 17.0 Å². The van der Waals surface area contributed by atoms with Crippen molar-refractivity contribution in [3.05, 3.63) is 28.2 Å². The van der Waals surface area contributed by atoms with E-state index >= 15 is 0 Å². The summed E-state index contributed by atoms with van der Waals surface area (Å²) in [5.74, 6) is -1.41. The fourth-order valence-corrected chi connectivity index (χ4v) is 1.30. The normalized spacial score (nSPS) is 10.6. The summed E-state index contributed by atoms with van der Waals surface area (Å²) in [6.07, 6.45) is 0. The van der Waals surface area contributed by atoms with E-state index in [1.807, 2.05) is 0 Å². The molecule has 1 aromatic heterocycles. The number of carboxylic acids is 1. The summed E-state index contributed by atoms with van der Waals surface area (Å²) in [4.78, 5) is 26.3. The number of aromatic hydroxyl groups is 1. The van der Waals surface area contributed by atoms with E-state index < -0.39 is 11.7 Å². The number of carboxylic acid groups (broad SMARTS) is 1. The largest absolute Gasteiger partial charge is 0.508 e. The Balaban J connectivity index is 2.92. The first-order chi connectivity index (χ1) is 6.58. The van der Waals surface area contributed by atoms with Gasteiger partial charge in [-0.2, -0.15) is 0 Å². The predicted molar refractivity (Wildman–Crippen MR) is 47.5 cm³/mol. The molecule has 6 heteroatoms. The minimum Gasteiger partial charge on any atom is -0.508 e. The van der Waals surface area contributed by atoms with E-state index in [2.05, 4.69) is 9.97 Å². The first kappa shape index (κ1) is 8.36. The van der Waals surface area contributed by atoms with Crippen LogP contribution in [0.3, 0.4) is 0 Å². The predicted octanol–water partition coefficient (Wildman–Crippen LogP) is 0.260. The summed E-state index contributed by atoms with van der Waals surface area (Å²) in [7, 11) is 0. The highest BCUT2D eigenvalue weighted by Gasteiger charge is 2.12. The van der Waals surface area contributed by atoms with Crippen LogP contribution in [0.1, 0.15) is 10.4 Å². The van der Waals surface area contributed by atoms with Gasteiger partial charge in [0.25, 0.3) is 0 Å². The van der Waals surface area contributed by atoms with Gasteiger partial charge >= 0.3 is 11.7 Å². The summed E-state index contributed by atoms with van der Waals surface area (Å²) in [6.45, 7) is 0. The number of aromatic amines is 2. The first-order valence-electron chi connectivity index (χ1n) is 3.76. The van der Waals surface area contributed by atoms with Crippen LogP contribution < -0.4 is 5.69 Å². The van der Waals surface area contributed by atoms with Gasteiger partial charge in [-0.3, -0.25) is 0 Å². The number of phenolic OH excluding ortho intramolecular Hbond substituents is 1. The van der Waals surface area contributed by atoms with Crippen molar-refractivity contribution in [2.24, 2.45) is 0 Å². The molecule has 0 spiro atoms. The van der Waals surface area contributed by atoms with E-state index in [0.29, 0.717) is 0 Å². The summed E-state index contributed by atoms with van der Waals surface area (Å²) < 4.78 is 0. The molecule has 0 amide bonds. The molecule has 0 radical (unpaired) electrons. The molecule has 1 aromatic carbocycles. The average Bonchev–Trinajstić information content (AvgIpc) is 2.42. The first-order valence-corrected chi connectivity index (χ1v) is 3.76. The topological polar surface area (TPSA) is 106 Å². The molecule has 0 atom stereocenters. The lowest BCUT2D eigenvalue weighted by atomic mass is 10.2. The molecule has 4 N–H and O–H groups in total. The highest BCUT2D eigenvalue weighted by atomic mass is 16.4. The molecule has 72 valence electrons. The highest BCUT2D eigenvalue weighted by molar-refractivity contribution is 6.01. The zero-order valence-electron chi connectivity index (χ0n) is 6.87. The lowest BCUT2D eigenvalue weighted by Gasteiger charge is -1.97. The van der Waals surface area contributed by atoms with E-state index in [1.165, 1.54) is 6.07 Å². The third-order valence-electron chi connectivity index (χ3n) is 1.84. The van der Waals surface area contributed by atoms with Crippen LogP contribution in [0.5, 0.6) is 5.75 Å². The Hall–Kier alpha value is -2.24. The third kappa shape index (κ3) is 1.13. The lowest BCUT2D eigenvalue weighted by Crippen LogP contribution is -2.01. The van der Waals surface area contributed by atoms with E-state index in [0.717, 1.165) is 6.07 Å². The molecule has 1 heterocycles. The van der Waals surface area contributed by atoms with Crippen molar-refractivity contribution in [2.75, 3.05) is 0 Å². The Bertz CT molecular complexity index is 566. The second-order valence-electron chi connectivity index (χ2n) is 2.80. The molecule has 14 heavy (non-hydrogen) atoms. The Kier molecular flexibility index (Phi) is 1.57. The van der Waals surface area contributed by atoms with E-state index in [-0.39, 0.29) is 22.3 Å². The Morgan fingerprint density at radius 1 is 1.29 bits per heavy atom. The molecule has 6 nitrogen and oxygen atoms in total. The molecule has 0 aliphatic heterocycles. The number of rotatable bonds is 1. The van der Waals surface area contributed by atoms with E-state index in [4.69, 9.17) is 10.2 Å². The van der Waals surface area contributed by atoms with E-state index in [1.54, 1.807) is 0 Å². The number of aromatic nitrogens is 2. The maximum absolute atomic E-state index is 10.9. The smallest absolute Gasteiger partial charge is 0.338 e. The zero-order valence-corrected chi connectivity index (χ0v) is 6.87. The van der Waals surface area contributed by atoms with Gasteiger partial charge in [0, 0.05) is 6.07 Å². The van der Waals surface area contributed by atoms with Crippen LogP contribution in [0.15, 0.2) is 16.9 Å². The standard InChI is InChI=1S/C8H6N2O4/c11-3-1-4(7(12)13)6-5(2-3)9-8(14)10-6/h1-2,11H,(H,12,13)(H2,9,10,14). The van der Waals surface area contributed by atoms with Gasteiger partial charge in [-0.1, -0.05) is 0 Å². The summed E-state index contributed by atoms with van der Waals surface area (Å²) in [6, 6.07) is 2.36. The summed E-state index contributed by atoms with van der Waals surface area (Å²) >= 11 is 0. The lowest BCUT2D eigenvalue weighted by molar-refractivity contribution is 0.0698. The van der Waals surface area contributed by atoms with Crippen LogP contribution in [0.2, 0.25) is 0 Å². The van der Waals surface area contributed by atoms with Gasteiger partial charge in [0.05, 0.1) is 16.6 Å². The second-order valence-corrected chi connectivity index (χ2v) is 2.80. The van der Waals surface area contributed by atoms with Gasteiger partial charge in [-0.05, 0) is 6.07 Å². The zero-order chi connectivity index (χ0) is 10.3. The number of benzene rings is 1. The van der Waals surface area contributed by atoms with Crippen molar-refractivity contribution in [2.45, 2.75) is 0 Å². The van der Waals surface area contributed by atoms with Crippen LogP contribution in [-0.2, 0) is 0 Å². The minimum absolute atomic E-state index is 0.140. The van der Waals surface area contributed by atoms with Crippen molar-refractivity contribution in [3.63, 3.8) is 0 Å². The monoisotopic (exact) mass is 194 g/mol. The molecular weight excluding hydrogens is 188 g/mol. The van der Waals surface area contributed by atoms with Crippen LogP contribution >= 0.6 is 0 Å². The molecule has 0 saturated heterocycles. The molecule has 0 saturated carbocycles.